The van der Waals surface area contributed by atoms with Crippen molar-refractivity contribution >= 4 is 42.8 Å². The largest absolute Gasteiger partial charge is 0.147 e. The molecule has 0 N–H and O–H groups in total. The predicted octanol–water partition coefficient (Wildman–Crippen LogP) is 17.5. The van der Waals surface area contributed by atoms with Crippen LogP contribution in [0.15, 0.2) is 96.1 Å². The predicted molar refractivity (Wildman–Crippen MR) is 269 cm³/mol. The van der Waals surface area contributed by atoms with Crippen LogP contribution in [0.5, 0.6) is 0 Å². The van der Waals surface area contributed by atoms with Crippen molar-refractivity contribution in [1.29, 1.82) is 0 Å². The molecule has 0 bridgehead atoms. The fourth-order valence-electron chi connectivity index (χ4n) is 13.7. The van der Waals surface area contributed by atoms with E-state index in [1.54, 1.807) is 55.7 Å². The van der Waals surface area contributed by atoms with Gasteiger partial charge < -0.3 is 0 Å². The number of allylic oxidation sites excluding steroid dienone is 4. The Kier molecular flexibility index (Phi) is 14.2. The van der Waals surface area contributed by atoms with E-state index in [9.17, 15) is 0 Å². The summed E-state index contributed by atoms with van der Waals surface area (Å²) in [6.45, 7) is 25.3. The number of hydrogen-bond donors (Lipinski definition) is 0. The minimum atomic E-state index is -4.09. The molecule has 2 unspecified atom stereocenters. The van der Waals surface area contributed by atoms with Crippen LogP contribution in [0.4, 0.5) is 0 Å². The van der Waals surface area contributed by atoms with E-state index in [2.05, 4.69) is 159 Å². The second-order valence-electron chi connectivity index (χ2n) is 22.2. The first kappa shape index (κ1) is 47.5. The van der Waals surface area contributed by atoms with Gasteiger partial charge in [-0.15, -0.1) is 24.8 Å². The molecule has 60 heavy (non-hydrogen) atoms. The standard InChI is InChI=1S/2C26H31.C3H7.CH3.2ClH.H2Si.Zr/c2*1-18-24(26(2,3)4)17-22-11-8-12-23(25(18)22)21-15-13-20(14-16-21)19-9-6-5-7-10-19;1-3-2;;;;;/h2*8,11-17,19H,5-7,9-10H2,1-4H3;1,3H2,2H3;1H3;2*1H;1H2;. The Morgan fingerprint density at radius 2 is 0.883 bits per heavy atom. The molecule has 0 radical (unpaired) electrons. The number of rotatable bonds is 8. The number of hydrogen-bond acceptors (Lipinski definition) is 0. The summed E-state index contributed by atoms with van der Waals surface area (Å²) in [4.78, 5) is 0. The summed E-state index contributed by atoms with van der Waals surface area (Å²) in [6, 6.07) is 34.7. The summed E-state index contributed by atoms with van der Waals surface area (Å²) in [5.41, 5.74) is 21.9. The van der Waals surface area contributed by atoms with Crippen molar-refractivity contribution in [2.45, 2.75) is 161 Å². The Morgan fingerprint density at radius 1 is 0.533 bits per heavy atom. The normalized spacial score (nSPS) is 20.4. The van der Waals surface area contributed by atoms with E-state index in [0.717, 1.165) is 11.8 Å². The molecule has 4 heteroatoms. The topological polar surface area (TPSA) is 0 Å². The van der Waals surface area contributed by atoms with Gasteiger partial charge in [-0.1, -0.05) is 0 Å². The van der Waals surface area contributed by atoms with Crippen LogP contribution < -0.4 is 0 Å². The quantitative estimate of drug-likeness (QED) is 0.154. The summed E-state index contributed by atoms with van der Waals surface area (Å²) < 4.78 is 5.26. The van der Waals surface area contributed by atoms with Crippen LogP contribution >= 0.6 is 24.8 Å². The first-order chi connectivity index (χ1) is 27.5. The molecule has 8 rings (SSSR count). The number of benzene rings is 4. The molecular weight excluding hydrogens is 863 g/mol. The van der Waals surface area contributed by atoms with Crippen molar-refractivity contribution < 1.29 is 17.4 Å². The van der Waals surface area contributed by atoms with Gasteiger partial charge in [0.1, 0.15) is 0 Å². The Bertz CT molecular complexity index is 2160. The van der Waals surface area contributed by atoms with E-state index in [-0.39, 0.29) is 35.6 Å². The molecule has 2 fully saturated rings. The van der Waals surface area contributed by atoms with Crippen LogP contribution in [0.3, 0.4) is 0 Å². The smallest absolute Gasteiger partial charge is 0.147 e. The average molecular weight is 939 g/mol. The van der Waals surface area contributed by atoms with Gasteiger partial charge in [0.05, 0.1) is 0 Å². The number of fused-ring (bicyclic) bond motifs is 2. The van der Waals surface area contributed by atoms with Crippen LogP contribution in [0.2, 0.25) is 8.76 Å². The average Bonchev–Trinajstić information content (AvgIpc) is 3.72. The number of halogens is 2. The maximum absolute atomic E-state index is 4.09. The Hall–Kier alpha value is -1.96. The summed E-state index contributed by atoms with van der Waals surface area (Å²) in [7, 11) is 0. The van der Waals surface area contributed by atoms with Crippen LogP contribution in [0, 0.1) is 10.8 Å². The van der Waals surface area contributed by atoms with Gasteiger partial charge >= 0.3 is 359 Å². The van der Waals surface area contributed by atoms with E-state index in [0.29, 0.717) is 7.25 Å². The van der Waals surface area contributed by atoms with Gasteiger partial charge in [-0.05, 0) is 0 Å². The van der Waals surface area contributed by atoms with E-state index in [1.165, 1.54) is 97.0 Å². The molecule has 322 valence electrons. The first-order valence-electron chi connectivity index (χ1n) is 23.5. The SMILES string of the molecule is CC[CH2][Zr]([CH3])(=[SiH2])([CH]1C(C(C)(C)C)=C(C)c2c(-c3ccc(C4CCCCC4)cc3)cccc21)[CH]1C(C(C)(C)C)=C(C)c2c(-c3ccc(C4CCCCC4)cc3)cccc21.Cl.Cl. The third-order valence-corrected chi connectivity index (χ3v) is 39.0. The maximum atomic E-state index is 2.94. The van der Waals surface area contributed by atoms with E-state index in [1.807, 2.05) is 0 Å². The van der Waals surface area contributed by atoms with Gasteiger partial charge in [0.15, 0.2) is 0 Å². The second-order valence-corrected chi connectivity index (χ2v) is 50.6. The third-order valence-electron chi connectivity index (χ3n) is 15.9. The van der Waals surface area contributed by atoms with Gasteiger partial charge in [0.2, 0.25) is 0 Å². The maximum Gasteiger partial charge on any atom is -0.147 e. The molecule has 0 nitrogen and oxygen atoms in total. The van der Waals surface area contributed by atoms with Gasteiger partial charge in [-0.25, -0.2) is 0 Å². The zero-order valence-electron chi connectivity index (χ0n) is 38.9. The molecular formula is C56H76Cl2SiZr. The third kappa shape index (κ3) is 8.30. The van der Waals surface area contributed by atoms with Gasteiger partial charge in [0, 0.05) is 0 Å². The second kappa shape index (κ2) is 17.9. The van der Waals surface area contributed by atoms with Crippen LogP contribution in [-0.2, 0) is 17.4 Å². The van der Waals surface area contributed by atoms with Crippen molar-refractivity contribution in [3.63, 3.8) is 0 Å². The molecule has 0 spiro atoms. The van der Waals surface area contributed by atoms with Crippen molar-refractivity contribution in [2.75, 3.05) is 0 Å². The van der Waals surface area contributed by atoms with Crippen LogP contribution in [0.1, 0.15) is 185 Å². The summed E-state index contributed by atoms with van der Waals surface area (Å²) in [6.07, 6.45) is 15.0. The molecule has 4 aromatic carbocycles. The zero-order chi connectivity index (χ0) is 41.2. The van der Waals surface area contributed by atoms with Gasteiger partial charge in [-0.2, -0.15) is 0 Å². The van der Waals surface area contributed by atoms with Crippen molar-refractivity contribution in [3.8, 4) is 22.3 Å². The Morgan fingerprint density at radius 3 is 1.20 bits per heavy atom. The van der Waals surface area contributed by atoms with Crippen molar-refractivity contribution in [1.82, 2.24) is 0 Å². The molecule has 0 saturated heterocycles. The van der Waals surface area contributed by atoms with Crippen molar-refractivity contribution in [2.24, 2.45) is 10.8 Å². The fraction of sp³-hybridized carbons (Fsp3) is 0.500. The molecule has 2 atom stereocenters. The summed E-state index contributed by atoms with van der Waals surface area (Å²) >= 11 is -4.09. The van der Waals surface area contributed by atoms with E-state index < -0.39 is 17.4 Å². The first-order valence-corrected chi connectivity index (χ1v) is 36.4. The Labute approximate surface area is 380 Å². The van der Waals surface area contributed by atoms with Crippen LogP contribution in [-0.4, -0.2) is 6.88 Å². The van der Waals surface area contributed by atoms with Gasteiger partial charge in [0.25, 0.3) is 0 Å². The molecule has 4 aliphatic carbocycles. The van der Waals surface area contributed by atoms with Crippen LogP contribution in [0.25, 0.3) is 33.4 Å². The molecule has 0 aromatic heterocycles. The van der Waals surface area contributed by atoms with E-state index >= 15 is 0 Å². The molecule has 4 aliphatic rings. The summed E-state index contributed by atoms with van der Waals surface area (Å²) in [5, 5.41) is 0. The summed E-state index contributed by atoms with van der Waals surface area (Å²) in [5.74, 6) is 1.47. The minimum absolute atomic E-state index is 0. The monoisotopic (exact) mass is 936 g/mol. The zero-order valence-corrected chi connectivity index (χ0v) is 44.4. The minimum Gasteiger partial charge on any atom is -0.147 e. The fourth-order valence-corrected chi connectivity index (χ4v) is 39.7. The Balaban J connectivity index is 0.00000302. The van der Waals surface area contributed by atoms with Crippen molar-refractivity contribution in [3.05, 3.63) is 129 Å². The molecule has 2 saturated carbocycles. The molecule has 4 aromatic rings. The van der Waals surface area contributed by atoms with Gasteiger partial charge in [-0.3, -0.25) is 0 Å². The molecule has 0 heterocycles. The molecule has 0 amide bonds. The van der Waals surface area contributed by atoms with E-state index in [4.69, 9.17) is 0 Å². The molecule has 0 aliphatic heterocycles.